The van der Waals surface area contributed by atoms with E-state index in [4.69, 9.17) is 0 Å². The molecule has 0 heterocycles. The summed E-state index contributed by atoms with van der Waals surface area (Å²) in [6.07, 6.45) is 2.06. The Balaban J connectivity index is 0. The van der Waals surface area contributed by atoms with Gasteiger partial charge in [0.05, 0.1) is 0 Å². The van der Waals surface area contributed by atoms with E-state index in [2.05, 4.69) is 27.2 Å². The lowest BCUT2D eigenvalue weighted by Gasteiger charge is -2.20. The van der Waals surface area contributed by atoms with Gasteiger partial charge in [0.2, 0.25) is 5.91 Å². The molecule has 0 aliphatic carbocycles. The SMILES string of the molecule is CCNC(=NCC(=O)NC(C)(C)C)NCCSC.I. The third-order valence-electron chi connectivity index (χ3n) is 1.84. The highest BCUT2D eigenvalue weighted by Crippen LogP contribution is 1.97. The van der Waals surface area contributed by atoms with Crippen LogP contribution in [-0.2, 0) is 4.79 Å². The molecule has 0 aromatic rings. The minimum absolute atomic E-state index is 0. The average Bonchev–Trinajstić information content (AvgIpc) is 2.24. The smallest absolute Gasteiger partial charge is 0.242 e. The quantitative estimate of drug-likeness (QED) is 0.272. The molecule has 0 aromatic carbocycles. The number of carbonyl (C=O) groups is 1. The number of amides is 1. The summed E-state index contributed by atoms with van der Waals surface area (Å²) < 4.78 is 0. The number of nitrogens with zero attached hydrogens (tertiary/aromatic N) is 1. The minimum Gasteiger partial charge on any atom is -0.357 e. The zero-order valence-electron chi connectivity index (χ0n) is 12.5. The molecule has 0 unspecified atom stereocenters. The molecule has 7 heteroatoms. The molecule has 0 spiro atoms. The molecule has 0 radical (unpaired) electrons. The van der Waals surface area contributed by atoms with Crippen molar-refractivity contribution in [2.75, 3.05) is 31.6 Å². The fourth-order valence-corrected chi connectivity index (χ4v) is 1.53. The Morgan fingerprint density at radius 1 is 1.26 bits per heavy atom. The summed E-state index contributed by atoms with van der Waals surface area (Å²) in [6, 6.07) is 0. The number of guanidine groups is 1. The Morgan fingerprint density at radius 3 is 2.37 bits per heavy atom. The summed E-state index contributed by atoms with van der Waals surface area (Å²) in [5.41, 5.74) is -0.211. The molecule has 0 fully saturated rings. The topological polar surface area (TPSA) is 65.5 Å². The Hall–Kier alpha value is -0.180. The van der Waals surface area contributed by atoms with Gasteiger partial charge in [0.15, 0.2) is 5.96 Å². The number of thioether (sulfide) groups is 1. The first-order valence-electron chi connectivity index (χ1n) is 6.21. The fraction of sp³-hybridized carbons (Fsp3) is 0.833. The maximum absolute atomic E-state index is 11.6. The lowest BCUT2D eigenvalue weighted by atomic mass is 10.1. The van der Waals surface area contributed by atoms with E-state index in [1.54, 1.807) is 11.8 Å². The van der Waals surface area contributed by atoms with Crippen molar-refractivity contribution in [3.63, 3.8) is 0 Å². The van der Waals surface area contributed by atoms with Crippen LogP contribution in [0.2, 0.25) is 0 Å². The van der Waals surface area contributed by atoms with Crippen LogP contribution >= 0.6 is 35.7 Å². The van der Waals surface area contributed by atoms with Crippen molar-refractivity contribution in [3.05, 3.63) is 0 Å². The number of nitrogens with one attached hydrogen (secondary N) is 3. The van der Waals surface area contributed by atoms with Crippen molar-refractivity contribution in [1.29, 1.82) is 0 Å². The van der Waals surface area contributed by atoms with Gasteiger partial charge in [-0.15, -0.1) is 24.0 Å². The number of hydrogen-bond acceptors (Lipinski definition) is 3. The maximum Gasteiger partial charge on any atom is 0.242 e. The Morgan fingerprint density at radius 2 is 1.89 bits per heavy atom. The van der Waals surface area contributed by atoms with Crippen LogP contribution in [0, 0.1) is 0 Å². The number of halogens is 1. The first-order valence-corrected chi connectivity index (χ1v) is 7.60. The van der Waals surface area contributed by atoms with Gasteiger partial charge in [-0.1, -0.05) is 0 Å². The van der Waals surface area contributed by atoms with E-state index in [0.29, 0.717) is 5.96 Å². The summed E-state index contributed by atoms with van der Waals surface area (Å²) in [5.74, 6) is 1.64. The molecule has 0 bridgehead atoms. The van der Waals surface area contributed by atoms with Crippen molar-refractivity contribution in [2.45, 2.75) is 33.2 Å². The lowest BCUT2D eigenvalue weighted by molar-refractivity contribution is -0.121. The van der Waals surface area contributed by atoms with Gasteiger partial charge in [-0.3, -0.25) is 4.79 Å². The predicted octanol–water partition coefficient (Wildman–Crippen LogP) is 1.44. The van der Waals surface area contributed by atoms with E-state index >= 15 is 0 Å². The van der Waals surface area contributed by atoms with E-state index in [1.807, 2.05) is 27.7 Å². The van der Waals surface area contributed by atoms with E-state index < -0.39 is 0 Å². The molecule has 19 heavy (non-hydrogen) atoms. The molecule has 3 N–H and O–H groups in total. The molecule has 5 nitrogen and oxygen atoms in total. The largest absolute Gasteiger partial charge is 0.357 e. The van der Waals surface area contributed by atoms with Crippen LogP contribution in [0.5, 0.6) is 0 Å². The van der Waals surface area contributed by atoms with Crippen LogP contribution in [0.3, 0.4) is 0 Å². The minimum atomic E-state index is -0.211. The first kappa shape index (κ1) is 21.1. The second-order valence-electron chi connectivity index (χ2n) is 4.91. The molecule has 0 aromatic heterocycles. The van der Waals surface area contributed by atoms with E-state index in [0.717, 1.165) is 18.8 Å². The summed E-state index contributed by atoms with van der Waals surface area (Å²) >= 11 is 1.77. The normalized spacial score (nSPS) is 11.5. The molecule has 0 aliphatic heterocycles. The molecule has 1 amide bonds. The predicted molar refractivity (Wildman–Crippen MR) is 95.7 cm³/mol. The third-order valence-corrected chi connectivity index (χ3v) is 2.45. The summed E-state index contributed by atoms with van der Waals surface area (Å²) in [7, 11) is 0. The van der Waals surface area contributed by atoms with Crippen LogP contribution in [0.4, 0.5) is 0 Å². The second kappa shape index (κ2) is 11.6. The van der Waals surface area contributed by atoms with Gasteiger partial charge in [-0.05, 0) is 34.0 Å². The molecule has 0 rings (SSSR count). The van der Waals surface area contributed by atoms with Crippen molar-refractivity contribution in [1.82, 2.24) is 16.0 Å². The van der Waals surface area contributed by atoms with Gasteiger partial charge in [0.1, 0.15) is 6.54 Å². The van der Waals surface area contributed by atoms with Gasteiger partial charge >= 0.3 is 0 Å². The van der Waals surface area contributed by atoms with Crippen LogP contribution in [0.1, 0.15) is 27.7 Å². The van der Waals surface area contributed by atoms with Crippen molar-refractivity contribution in [2.24, 2.45) is 4.99 Å². The molecular weight excluding hydrogens is 375 g/mol. The molecule has 0 saturated heterocycles. The van der Waals surface area contributed by atoms with Crippen LogP contribution in [-0.4, -0.2) is 49.0 Å². The monoisotopic (exact) mass is 402 g/mol. The second-order valence-corrected chi connectivity index (χ2v) is 5.90. The standard InChI is InChI=1S/C12H26N4OS.HI/c1-6-13-11(14-7-8-18-5)15-9-10(17)16-12(2,3)4;/h6-9H2,1-5H3,(H,16,17)(H2,13,14,15);1H. The van der Waals surface area contributed by atoms with Crippen LogP contribution in [0.15, 0.2) is 4.99 Å². The van der Waals surface area contributed by atoms with Gasteiger partial charge in [-0.25, -0.2) is 4.99 Å². The summed E-state index contributed by atoms with van der Waals surface area (Å²) in [6.45, 7) is 9.64. The highest BCUT2D eigenvalue weighted by molar-refractivity contribution is 14.0. The Bertz CT molecular complexity index is 279. The van der Waals surface area contributed by atoms with Crippen LogP contribution in [0.25, 0.3) is 0 Å². The molecule has 114 valence electrons. The van der Waals surface area contributed by atoms with E-state index in [1.165, 1.54) is 0 Å². The average molecular weight is 402 g/mol. The highest BCUT2D eigenvalue weighted by atomic mass is 127. The van der Waals surface area contributed by atoms with Gasteiger partial charge < -0.3 is 16.0 Å². The van der Waals surface area contributed by atoms with Crippen LogP contribution < -0.4 is 16.0 Å². The van der Waals surface area contributed by atoms with Gasteiger partial charge in [0, 0.05) is 24.4 Å². The van der Waals surface area contributed by atoms with Gasteiger partial charge in [-0.2, -0.15) is 11.8 Å². The number of aliphatic imine (C=N–C) groups is 1. The number of hydrogen-bond donors (Lipinski definition) is 3. The zero-order valence-corrected chi connectivity index (χ0v) is 15.6. The number of carbonyl (C=O) groups excluding carboxylic acids is 1. The summed E-state index contributed by atoms with van der Waals surface area (Å²) in [4.78, 5) is 15.9. The first-order chi connectivity index (χ1) is 8.39. The Kier molecular flexibility index (Phi) is 12.9. The zero-order chi connectivity index (χ0) is 14.0. The van der Waals surface area contributed by atoms with E-state index in [9.17, 15) is 4.79 Å². The van der Waals surface area contributed by atoms with Crippen molar-refractivity contribution in [3.8, 4) is 0 Å². The maximum atomic E-state index is 11.6. The molecule has 0 saturated carbocycles. The van der Waals surface area contributed by atoms with Crippen molar-refractivity contribution < 1.29 is 4.79 Å². The van der Waals surface area contributed by atoms with Gasteiger partial charge in [0.25, 0.3) is 0 Å². The number of rotatable bonds is 6. The van der Waals surface area contributed by atoms with E-state index in [-0.39, 0.29) is 42.0 Å². The lowest BCUT2D eigenvalue weighted by Crippen LogP contribution is -2.43. The molecule has 0 aliphatic rings. The van der Waals surface area contributed by atoms with Crippen molar-refractivity contribution >= 4 is 47.6 Å². The third kappa shape index (κ3) is 14.0. The fourth-order valence-electron chi connectivity index (χ4n) is 1.22. The summed E-state index contributed by atoms with van der Waals surface area (Å²) in [5, 5.41) is 9.17. The molecule has 0 atom stereocenters. The highest BCUT2D eigenvalue weighted by Gasteiger charge is 2.13. The Labute approximate surface area is 138 Å². The molecular formula is C12H27IN4OS.